The summed E-state index contributed by atoms with van der Waals surface area (Å²) in [6, 6.07) is 9.67. The summed E-state index contributed by atoms with van der Waals surface area (Å²) in [4.78, 5) is 17.8. The number of pyridine rings is 1. The molecule has 4 heteroatoms. The maximum Gasteiger partial charge on any atom is 0.321 e. The van der Waals surface area contributed by atoms with Crippen LogP contribution in [0.25, 0.3) is 0 Å². The molecule has 0 aliphatic carbocycles. The van der Waals surface area contributed by atoms with Gasteiger partial charge in [-0.25, -0.2) is 0 Å². The van der Waals surface area contributed by atoms with Crippen LogP contribution in [-0.4, -0.2) is 27.0 Å². The Balaban J connectivity index is 1.87. The molecule has 4 nitrogen and oxygen atoms in total. The van der Waals surface area contributed by atoms with E-state index in [-0.39, 0.29) is 0 Å². The van der Waals surface area contributed by atoms with E-state index in [4.69, 9.17) is 0 Å². The van der Waals surface area contributed by atoms with Crippen molar-refractivity contribution in [3.63, 3.8) is 0 Å². The average Bonchev–Trinajstić information content (AvgIpc) is 2.46. The first kappa shape index (κ1) is 13.8. The van der Waals surface area contributed by atoms with Gasteiger partial charge in [-0.2, -0.15) is 0 Å². The van der Waals surface area contributed by atoms with Crippen molar-refractivity contribution < 1.29 is 9.90 Å². The number of hydrogen-bond donors (Lipinski definition) is 1. The Hall–Kier alpha value is -2.20. The van der Waals surface area contributed by atoms with Crippen LogP contribution in [0.2, 0.25) is 0 Å². The molecule has 0 spiro atoms. The number of nitrogens with zero attached hydrogens (tertiary/aromatic N) is 2. The van der Waals surface area contributed by atoms with Crippen molar-refractivity contribution in [2.24, 2.45) is 0 Å². The monoisotopic (exact) mass is 282 g/mol. The van der Waals surface area contributed by atoms with Crippen LogP contribution >= 0.6 is 0 Å². The third kappa shape index (κ3) is 2.95. The second kappa shape index (κ2) is 5.66. The standard InChI is InChI=1S/C17H18N2O2/c1-12-6-13(9-18-8-12)10-19-11-15-5-3-2-4-14(15)7-16(19)17(20)21/h2-6,8-9,16H,7,10-11H2,1H3,(H,20,21). The number of aromatic nitrogens is 1. The molecule has 1 aromatic carbocycles. The third-order valence-corrected chi connectivity index (χ3v) is 3.95. The normalized spacial score (nSPS) is 18.2. The lowest BCUT2D eigenvalue weighted by atomic mass is 9.93. The molecule has 0 amide bonds. The second-order valence-corrected chi connectivity index (χ2v) is 5.60. The van der Waals surface area contributed by atoms with Crippen molar-refractivity contribution in [1.29, 1.82) is 0 Å². The Morgan fingerprint density at radius 3 is 2.81 bits per heavy atom. The van der Waals surface area contributed by atoms with Crippen LogP contribution in [0.1, 0.15) is 22.3 Å². The predicted molar refractivity (Wildman–Crippen MR) is 79.8 cm³/mol. The van der Waals surface area contributed by atoms with Gasteiger partial charge in [0, 0.05) is 25.5 Å². The van der Waals surface area contributed by atoms with Gasteiger partial charge in [0.25, 0.3) is 0 Å². The van der Waals surface area contributed by atoms with E-state index in [1.54, 1.807) is 0 Å². The van der Waals surface area contributed by atoms with Crippen molar-refractivity contribution >= 4 is 5.97 Å². The number of hydrogen-bond acceptors (Lipinski definition) is 3. The van der Waals surface area contributed by atoms with Gasteiger partial charge in [0.15, 0.2) is 0 Å². The molecule has 0 bridgehead atoms. The maximum absolute atomic E-state index is 11.6. The van der Waals surface area contributed by atoms with E-state index in [1.807, 2.05) is 42.4 Å². The number of aliphatic carboxylic acids is 1. The summed E-state index contributed by atoms with van der Waals surface area (Å²) in [6.07, 6.45) is 4.18. The van der Waals surface area contributed by atoms with Crippen molar-refractivity contribution in [1.82, 2.24) is 9.88 Å². The van der Waals surface area contributed by atoms with Crippen LogP contribution in [-0.2, 0) is 24.3 Å². The molecule has 3 rings (SSSR count). The lowest BCUT2D eigenvalue weighted by molar-refractivity contribution is -0.144. The van der Waals surface area contributed by atoms with Crippen molar-refractivity contribution in [3.05, 3.63) is 65.0 Å². The summed E-state index contributed by atoms with van der Waals surface area (Å²) in [5.74, 6) is -0.759. The molecular formula is C17H18N2O2. The topological polar surface area (TPSA) is 53.4 Å². The van der Waals surface area contributed by atoms with E-state index in [2.05, 4.69) is 17.1 Å². The molecule has 1 unspecified atom stereocenters. The number of carboxylic acid groups (broad SMARTS) is 1. The van der Waals surface area contributed by atoms with Crippen LogP contribution in [0.15, 0.2) is 42.7 Å². The highest BCUT2D eigenvalue weighted by Gasteiger charge is 2.31. The van der Waals surface area contributed by atoms with Gasteiger partial charge in [-0.05, 0) is 35.6 Å². The maximum atomic E-state index is 11.6. The minimum absolute atomic E-state index is 0.472. The van der Waals surface area contributed by atoms with Crippen LogP contribution in [0.4, 0.5) is 0 Å². The molecule has 21 heavy (non-hydrogen) atoms. The third-order valence-electron chi connectivity index (χ3n) is 3.95. The van der Waals surface area contributed by atoms with Gasteiger partial charge in [-0.15, -0.1) is 0 Å². The summed E-state index contributed by atoms with van der Waals surface area (Å²) in [7, 11) is 0. The quantitative estimate of drug-likeness (QED) is 0.939. The van der Waals surface area contributed by atoms with Gasteiger partial charge >= 0.3 is 5.97 Å². The molecule has 108 valence electrons. The summed E-state index contributed by atoms with van der Waals surface area (Å²) < 4.78 is 0. The fraction of sp³-hybridized carbons (Fsp3) is 0.294. The number of carbonyl (C=O) groups is 1. The number of rotatable bonds is 3. The van der Waals surface area contributed by atoms with Gasteiger partial charge in [0.2, 0.25) is 0 Å². The van der Waals surface area contributed by atoms with Crippen LogP contribution < -0.4 is 0 Å². The molecule has 2 aromatic rings. The SMILES string of the molecule is Cc1cncc(CN2Cc3ccccc3CC2C(=O)O)c1. The van der Waals surface area contributed by atoms with E-state index in [9.17, 15) is 9.90 Å². The highest BCUT2D eigenvalue weighted by molar-refractivity contribution is 5.74. The lowest BCUT2D eigenvalue weighted by Crippen LogP contribution is -2.45. The number of fused-ring (bicyclic) bond motifs is 1. The van der Waals surface area contributed by atoms with Crippen LogP contribution in [0, 0.1) is 6.92 Å². The van der Waals surface area contributed by atoms with Crippen molar-refractivity contribution in [2.75, 3.05) is 0 Å². The van der Waals surface area contributed by atoms with E-state index < -0.39 is 12.0 Å². The number of benzene rings is 1. The molecule has 0 saturated heterocycles. The second-order valence-electron chi connectivity index (χ2n) is 5.60. The van der Waals surface area contributed by atoms with Gasteiger partial charge in [-0.3, -0.25) is 14.7 Å². The van der Waals surface area contributed by atoms with E-state index in [0.717, 1.165) is 16.7 Å². The highest BCUT2D eigenvalue weighted by Crippen LogP contribution is 2.25. The van der Waals surface area contributed by atoms with Gasteiger partial charge in [0.1, 0.15) is 6.04 Å². The lowest BCUT2D eigenvalue weighted by Gasteiger charge is -2.34. The number of carboxylic acids is 1. The molecule has 2 heterocycles. The molecule has 1 aliphatic rings. The largest absolute Gasteiger partial charge is 0.480 e. The molecule has 1 N–H and O–H groups in total. The zero-order chi connectivity index (χ0) is 14.8. The van der Waals surface area contributed by atoms with E-state index in [0.29, 0.717) is 19.5 Å². The van der Waals surface area contributed by atoms with Gasteiger partial charge in [0.05, 0.1) is 0 Å². The minimum Gasteiger partial charge on any atom is -0.480 e. The smallest absolute Gasteiger partial charge is 0.321 e. The Morgan fingerprint density at radius 1 is 1.33 bits per heavy atom. The van der Waals surface area contributed by atoms with Gasteiger partial charge in [-0.1, -0.05) is 30.3 Å². The zero-order valence-electron chi connectivity index (χ0n) is 12.0. The van der Waals surface area contributed by atoms with Crippen molar-refractivity contribution in [2.45, 2.75) is 32.5 Å². The van der Waals surface area contributed by atoms with Crippen LogP contribution in [0.5, 0.6) is 0 Å². The summed E-state index contributed by atoms with van der Waals surface area (Å²) in [5, 5.41) is 9.51. The Morgan fingerprint density at radius 2 is 2.10 bits per heavy atom. The van der Waals surface area contributed by atoms with Crippen LogP contribution in [0.3, 0.4) is 0 Å². The van der Waals surface area contributed by atoms with E-state index in [1.165, 1.54) is 5.56 Å². The molecule has 1 aromatic heterocycles. The summed E-state index contributed by atoms with van der Waals surface area (Å²) in [5.41, 5.74) is 4.51. The Labute approximate surface area is 124 Å². The average molecular weight is 282 g/mol. The first-order valence-corrected chi connectivity index (χ1v) is 7.07. The molecule has 1 atom stereocenters. The Kier molecular flexibility index (Phi) is 3.71. The first-order valence-electron chi connectivity index (χ1n) is 7.07. The van der Waals surface area contributed by atoms with Gasteiger partial charge < -0.3 is 5.11 Å². The molecule has 1 aliphatic heterocycles. The van der Waals surface area contributed by atoms with Crippen molar-refractivity contribution in [3.8, 4) is 0 Å². The number of aryl methyl sites for hydroxylation is 1. The first-order chi connectivity index (χ1) is 10.1. The minimum atomic E-state index is -0.759. The molecule has 0 fully saturated rings. The highest BCUT2D eigenvalue weighted by atomic mass is 16.4. The predicted octanol–water partition coefficient (Wildman–Crippen LogP) is 2.40. The fourth-order valence-corrected chi connectivity index (χ4v) is 2.93. The zero-order valence-corrected chi connectivity index (χ0v) is 12.0. The summed E-state index contributed by atoms with van der Waals surface area (Å²) >= 11 is 0. The summed E-state index contributed by atoms with van der Waals surface area (Å²) in [6.45, 7) is 3.28. The van der Waals surface area contributed by atoms with E-state index >= 15 is 0 Å². The fourth-order valence-electron chi connectivity index (χ4n) is 2.93. The molecule has 0 radical (unpaired) electrons. The Bertz CT molecular complexity index is 669. The molecule has 0 saturated carbocycles. The molecular weight excluding hydrogens is 264 g/mol.